The number of aryl methyl sites for hydroxylation is 1. The van der Waals surface area contributed by atoms with Crippen LogP contribution >= 0.6 is 11.6 Å². The van der Waals surface area contributed by atoms with Gasteiger partial charge < -0.3 is 10.5 Å². The van der Waals surface area contributed by atoms with E-state index in [1.165, 1.54) is 7.11 Å². The van der Waals surface area contributed by atoms with Gasteiger partial charge in [0.2, 0.25) is 5.91 Å². The minimum Gasteiger partial charge on any atom is -0.497 e. The summed E-state index contributed by atoms with van der Waals surface area (Å²) in [7, 11) is 1.54. The van der Waals surface area contributed by atoms with Crippen molar-refractivity contribution in [2.45, 2.75) is 6.92 Å². The predicted molar refractivity (Wildman–Crippen MR) is 51.3 cm³/mol. The SMILES string of the molecule is COc1cc(C)c(C(N)=O)c(Cl)c1. The molecule has 4 heteroatoms. The maximum Gasteiger partial charge on any atom is 0.250 e. The normalized spacial score (nSPS) is 9.77. The van der Waals surface area contributed by atoms with Crippen LogP contribution in [0.25, 0.3) is 0 Å². The molecule has 1 amide bonds. The number of amides is 1. The molecule has 0 aliphatic carbocycles. The second-order valence-electron chi connectivity index (χ2n) is 2.67. The number of hydrogen-bond donors (Lipinski definition) is 1. The lowest BCUT2D eigenvalue weighted by Gasteiger charge is -2.07. The second kappa shape index (κ2) is 3.66. The third kappa shape index (κ3) is 1.92. The van der Waals surface area contributed by atoms with Crippen LogP contribution in [-0.2, 0) is 0 Å². The molecule has 1 aromatic carbocycles. The molecule has 0 fully saturated rings. The average Bonchev–Trinajstić information content (AvgIpc) is 2.02. The molecule has 0 atom stereocenters. The Morgan fingerprint density at radius 2 is 2.15 bits per heavy atom. The van der Waals surface area contributed by atoms with Crippen LogP contribution < -0.4 is 10.5 Å². The quantitative estimate of drug-likeness (QED) is 0.789. The number of primary amides is 1. The van der Waals surface area contributed by atoms with Gasteiger partial charge in [-0.25, -0.2) is 0 Å². The number of carbonyl (C=O) groups excluding carboxylic acids is 1. The first-order valence-corrected chi connectivity index (χ1v) is 4.08. The first kappa shape index (κ1) is 9.86. The molecule has 0 heterocycles. The maximum absolute atomic E-state index is 10.9. The summed E-state index contributed by atoms with van der Waals surface area (Å²) in [6.07, 6.45) is 0. The fraction of sp³-hybridized carbons (Fsp3) is 0.222. The van der Waals surface area contributed by atoms with E-state index in [1.54, 1.807) is 19.1 Å². The van der Waals surface area contributed by atoms with Gasteiger partial charge in [-0.2, -0.15) is 0 Å². The highest BCUT2D eigenvalue weighted by Crippen LogP contribution is 2.25. The summed E-state index contributed by atoms with van der Waals surface area (Å²) in [6, 6.07) is 3.28. The Bertz CT molecular complexity index is 326. The number of hydrogen-bond acceptors (Lipinski definition) is 2. The highest BCUT2D eigenvalue weighted by molar-refractivity contribution is 6.34. The summed E-state index contributed by atoms with van der Waals surface area (Å²) in [5, 5.41) is 0.323. The van der Waals surface area contributed by atoms with Crippen molar-refractivity contribution in [3.05, 3.63) is 28.3 Å². The van der Waals surface area contributed by atoms with Crippen LogP contribution in [0.2, 0.25) is 5.02 Å². The number of nitrogens with two attached hydrogens (primary N) is 1. The minimum atomic E-state index is -0.523. The number of methoxy groups -OCH3 is 1. The van der Waals surface area contributed by atoms with Crippen molar-refractivity contribution in [2.24, 2.45) is 5.73 Å². The third-order valence-corrected chi connectivity index (χ3v) is 2.04. The van der Waals surface area contributed by atoms with Gasteiger partial charge in [-0.3, -0.25) is 4.79 Å². The van der Waals surface area contributed by atoms with Crippen molar-refractivity contribution < 1.29 is 9.53 Å². The topological polar surface area (TPSA) is 52.3 Å². The molecule has 0 radical (unpaired) electrons. The van der Waals surface area contributed by atoms with Gasteiger partial charge in [0.25, 0.3) is 0 Å². The van der Waals surface area contributed by atoms with Gasteiger partial charge in [-0.15, -0.1) is 0 Å². The molecule has 1 aromatic rings. The fourth-order valence-electron chi connectivity index (χ4n) is 1.14. The average molecular weight is 200 g/mol. The fourth-order valence-corrected chi connectivity index (χ4v) is 1.49. The van der Waals surface area contributed by atoms with Crippen LogP contribution in [0.5, 0.6) is 5.75 Å². The lowest BCUT2D eigenvalue weighted by molar-refractivity contribution is 0.1000. The molecule has 0 unspecified atom stereocenters. The molecule has 0 saturated heterocycles. The van der Waals surface area contributed by atoms with Crippen molar-refractivity contribution in [3.8, 4) is 5.75 Å². The Labute approximate surface area is 81.4 Å². The molecule has 0 aliphatic rings. The summed E-state index contributed by atoms with van der Waals surface area (Å²) in [4.78, 5) is 10.9. The largest absolute Gasteiger partial charge is 0.497 e. The minimum absolute atomic E-state index is 0.323. The highest BCUT2D eigenvalue weighted by Gasteiger charge is 2.11. The Morgan fingerprint density at radius 1 is 1.54 bits per heavy atom. The van der Waals surface area contributed by atoms with E-state index < -0.39 is 5.91 Å². The number of benzene rings is 1. The standard InChI is InChI=1S/C9H10ClNO2/c1-5-3-6(13-2)4-7(10)8(5)9(11)12/h3-4H,1-2H3,(H2,11,12). The lowest BCUT2D eigenvalue weighted by Crippen LogP contribution is -2.13. The Hall–Kier alpha value is -1.22. The summed E-state index contributed by atoms with van der Waals surface area (Å²) < 4.78 is 4.97. The van der Waals surface area contributed by atoms with Crippen LogP contribution in [-0.4, -0.2) is 13.0 Å². The van der Waals surface area contributed by atoms with Crippen molar-refractivity contribution in [2.75, 3.05) is 7.11 Å². The number of halogens is 1. The van der Waals surface area contributed by atoms with Crippen LogP contribution in [0, 0.1) is 6.92 Å². The zero-order chi connectivity index (χ0) is 10.0. The second-order valence-corrected chi connectivity index (χ2v) is 3.07. The Kier molecular flexibility index (Phi) is 2.78. The zero-order valence-electron chi connectivity index (χ0n) is 7.43. The summed E-state index contributed by atoms with van der Waals surface area (Å²) in [5.41, 5.74) is 6.21. The number of ether oxygens (including phenoxy) is 1. The summed E-state index contributed by atoms with van der Waals surface area (Å²) in [6.45, 7) is 1.76. The molecular formula is C9H10ClNO2. The van der Waals surface area contributed by atoms with Crippen molar-refractivity contribution in [3.63, 3.8) is 0 Å². The van der Waals surface area contributed by atoms with Crippen LogP contribution in [0.3, 0.4) is 0 Å². The molecule has 1 rings (SSSR count). The highest BCUT2D eigenvalue weighted by atomic mass is 35.5. The molecule has 70 valence electrons. The molecule has 3 nitrogen and oxygen atoms in total. The van der Waals surface area contributed by atoms with Gasteiger partial charge in [-0.05, 0) is 24.6 Å². The Balaban J connectivity index is 3.31. The van der Waals surface area contributed by atoms with E-state index in [0.717, 1.165) is 5.56 Å². The molecule has 0 aliphatic heterocycles. The number of rotatable bonds is 2. The van der Waals surface area contributed by atoms with E-state index in [4.69, 9.17) is 22.1 Å². The predicted octanol–water partition coefficient (Wildman–Crippen LogP) is 1.76. The first-order valence-electron chi connectivity index (χ1n) is 3.70. The summed E-state index contributed by atoms with van der Waals surface area (Å²) in [5.74, 6) is 0.0950. The van der Waals surface area contributed by atoms with E-state index in [1.807, 2.05) is 0 Å². The van der Waals surface area contributed by atoms with E-state index in [0.29, 0.717) is 16.3 Å². The number of carbonyl (C=O) groups is 1. The van der Waals surface area contributed by atoms with Gasteiger partial charge in [-0.1, -0.05) is 11.6 Å². The zero-order valence-corrected chi connectivity index (χ0v) is 8.18. The van der Waals surface area contributed by atoms with Gasteiger partial charge in [0.15, 0.2) is 0 Å². The monoisotopic (exact) mass is 199 g/mol. The van der Waals surface area contributed by atoms with Crippen molar-refractivity contribution in [1.82, 2.24) is 0 Å². The molecule has 0 bridgehead atoms. The molecule has 0 saturated carbocycles. The van der Waals surface area contributed by atoms with E-state index >= 15 is 0 Å². The first-order chi connectivity index (χ1) is 6.06. The van der Waals surface area contributed by atoms with Crippen LogP contribution in [0.1, 0.15) is 15.9 Å². The molecule has 0 spiro atoms. The van der Waals surface area contributed by atoms with Crippen molar-refractivity contribution in [1.29, 1.82) is 0 Å². The smallest absolute Gasteiger partial charge is 0.250 e. The lowest BCUT2D eigenvalue weighted by atomic mass is 10.1. The van der Waals surface area contributed by atoms with E-state index in [9.17, 15) is 4.79 Å². The van der Waals surface area contributed by atoms with Gasteiger partial charge in [0.05, 0.1) is 17.7 Å². The van der Waals surface area contributed by atoms with Gasteiger partial charge in [0, 0.05) is 0 Å². The maximum atomic E-state index is 10.9. The van der Waals surface area contributed by atoms with E-state index in [-0.39, 0.29) is 0 Å². The van der Waals surface area contributed by atoms with Crippen LogP contribution in [0.15, 0.2) is 12.1 Å². The van der Waals surface area contributed by atoms with E-state index in [2.05, 4.69) is 0 Å². The third-order valence-electron chi connectivity index (χ3n) is 1.74. The van der Waals surface area contributed by atoms with Crippen molar-refractivity contribution >= 4 is 17.5 Å². The van der Waals surface area contributed by atoms with Crippen LogP contribution in [0.4, 0.5) is 0 Å². The summed E-state index contributed by atoms with van der Waals surface area (Å²) >= 11 is 5.83. The Morgan fingerprint density at radius 3 is 2.54 bits per heavy atom. The molecule has 0 aromatic heterocycles. The molecule has 2 N–H and O–H groups in total. The molecule has 13 heavy (non-hydrogen) atoms. The van der Waals surface area contributed by atoms with Gasteiger partial charge in [0.1, 0.15) is 5.75 Å². The van der Waals surface area contributed by atoms with Gasteiger partial charge >= 0.3 is 0 Å². The molecular weight excluding hydrogens is 190 g/mol.